The van der Waals surface area contributed by atoms with Crippen LogP contribution in [-0.2, 0) is 6.54 Å². The molecule has 1 aromatic carbocycles. The van der Waals surface area contributed by atoms with Crippen LogP contribution in [0.3, 0.4) is 0 Å². The van der Waals surface area contributed by atoms with Crippen molar-refractivity contribution < 1.29 is 0 Å². The zero-order chi connectivity index (χ0) is 13.3. The molecule has 1 aromatic rings. The average molecular weight is 311 g/mol. The number of anilines is 1. The minimum atomic E-state index is 0.584. The van der Waals surface area contributed by atoms with Gasteiger partial charge in [0.25, 0.3) is 0 Å². The van der Waals surface area contributed by atoms with E-state index in [1.807, 2.05) is 0 Å². The van der Waals surface area contributed by atoms with E-state index in [0.29, 0.717) is 12.6 Å². The molecule has 1 saturated heterocycles. The molecule has 18 heavy (non-hydrogen) atoms. The van der Waals surface area contributed by atoms with Crippen LogP contribution in [0.15, 0.2) is 22.7 Å². The minimum absolute atomic E-state index is 0.584. The van der Waals surface area contributed by atoms with E-state index < -0.39 is 0 Å². The van der Waals surface area contributed by atoms with E-state index in [0.717, 1.165) is 22.9 Å². The Balaban J connectivity index is 2.37. The monoisotopic (exact) mass is 310 g/mol. The standard InChI is InChI=1S/C15H23BrN2/c1-10-6-11(2)12(3)18(9-10)15-7-14(16)5-4-13(15)8-17/h4-5,7,10-12H,6,8-9,17H2,1-3H3. The highest BCUT2D eigenvalue weighted by Crippen LogP contribution is 2.34. The molecule has 100 valence electrons. The van der Waals surface area contributed by atoms with Gasteiger partial charge in [-0.15, -0.1) is 0 Å². The fourth-order valence-corrected chi connectivity index (χ4v) is 3.36. The molecule has 0 radical (unpaired) electrons. The van der Waals surface area contributed by atoms with Gasteiger partial charge in [0.15, 0.2) is 0 Å². The van der Waals surface area contributed by atoms with Crippen molar-refractivity contribution in [3.8, 4) is 0 Å². The minimum Gasteiger partial charge on any atom is -0.368 e. The van der Waals surface area contributed by atoms with Crippen LogP contribution in [0.2, 0.25) is 0 Å². The Morgan fingerprint density at radius 1 is 1.33 bits per heavy atom. The molecule has 0 aliphatic carbocycles. The Hall–Kier alpha value is -0.540. The molecule has 1 heterocycles. The van der Waals surface area contributed by atoms with Crippen LogP contribution in [0.1, 0.15) is 32.8 Å². The van der Waals surface area contributed by atoms with Crippen LogP contribution >= 0.6 is 15.9 Å². The third-order valence-electron chi connectivity index (χ3n) is 4.17. The number of nitrogens with zero attached hydrogens (tertiary/aromatic N) is 1. The quantitative estimate of drug-likeness (QED) is 0.900. The maximum Gasteiger partial charge on any atom is 0.0425 e. The van der Waals surface area contributed by atoms with Gasteiger partial charge in [-0.05, 0) is 42.9 Å². The summed E-state index contributed by atoms with van der Waals surface area (Å²) < 4.78 is 1.13. The van der Waals surface area contributed by atoms with E-state index in [4.69, 9.17) is 5.73 Å². The smallest absolute Gasteiger partial charge is 0.0425 e. The van der Waals surface area contributed by atoms with E-state index in [2.05, 4.69) is 59.8 Å². The molecular weight excluding hydrogens is 288 g/mol. The topological polar surface area (TPSA) is 29.3 Å². The first-order valence-corrected chi connectivity index (χ1v) is 7.57. The van der Waals surface area contributed by atoms with E-state index in [-0.39, 0.29) is 0 Å². The van der Waals surface area contributed by atoms with Crippen molar-refractivity contribution in [2.24, 2.45) is 17.6 Å². The van der Waals surface area contributed by atoms with Gasteiger partial charge < -0.3 is 10.6 Å². The summed E-state index contributed by atoms with van der Waals surface area (Å²) in [5.41, 5.74) is 8.43. The highest BCUT2D eigenvalue weighted by atomic mass is 79.9. The molecule has 0 spiro atoms. The molecule has 1 aliphatic rings. The molecule has 2 rings (SSSR count). The normalized spacial score (nSPS) is 28.5. The van der Waals surface area contributed by atoms with Crippen molar-refractivity contribution in [1.82, 2.24) is 0 Å². The first-order chi connectivity index (χ1) is 8.52. The first kappa shape index (κ1) is 13.9. The Bertz CT molecular complexity index is 419. The fourth-order valence-electron chi connectivity index (χ4n) is 3.01. The molecule has 2 nitrogen and oxygen atoms in total. The number of piperidine rings is 1. The largest absolute Gasteiger partial charge is 0.368 e. The van der Waals surface area contributed by atoms with Crippen molar-refractivity contribution in [3.63, 3.8) is 0 Å². The predicted molar refractivity (Wildman–Crippen MR) is 81.8 cm³/mol. The van der Waals surface area contributed by atoms with Crippen LogP contribution in [0, 0.1) is 11.8 Å². The number of hydrogen-bond donors (Lipinski definition) is 1. The average Bonchev–Trinajstić information content (AvgIpc) is 2.33. The molecular formula is C15H23BrN2. The SMILES string of the molecule is CC1CC(C)C(C)N(c2cc(Br)ccc2CN)C1. The summed E-state index contributed by atoms with van der Waals surface area (Å²) in [6, 6.07) is 7.01. The van der Waals surface area contributed by atoms with Gasteiger partial charge in [-0.1, -0.05) is 35.8 Å². The molecule has 0 saturated carbocycles. The summed E-state index contributed by atoms with van der Waals surface area (Å²) in [7, 11) is 0. The van der Waals surface area contributed by atoms with Crippen LogP contribution < -0.4 is 10.6 Å². The van der Waals surface area contributed by atoms with Gasteiger partial charge in [-0.2, -0.15) is 0 Å². The van der Waals surface area contributed by atoms with Gasteiger partial charge in [-0.25, -0.2) is 0 Å². The van der Waals surface area contributed by atoms with Gasteiger partial charge in [0.1, 0.15) is 0 Å². The first-order valence-electron chi connectivity index (χ1n) is 6.78. The lowest BCUT2D eigenvalue weighted by atomic mass is 9.85. The second-order valence-electron chi connectivity index (χ2n) is 5.69. The van der Waals surface area contributed by atoms with Crippen LogP contribution in [-0.4, -0.2) is 12.6 Å². The highest BCUT2D eigenvalue weighted by molar-refractivity contribution is 9.10. The summed E-state index contributed by atoms with van der Waals surface area (Å²) in [6.45, 7) is 8.77. The Kier molecular flexibility index (Phi) is 4.33. The zero-order valence-electron chi connectivity index (χ0n) is 11.5. The van der Waals surface area contributed by atoms with Gasteiger partial charge in [-0.3, -0.25) is 0 Å². The molecule has 3 unspecified atom stereocenters. The lowest BCUT2D eigenvalue weighted by Crippen LogP contribution is -2.46. The van der Waals surface area contributed by atoms with Gasteiger partial charge >= 0.3 is 0 Å². The number of rotatable bonds is 2. The lowest BCUT2D eigenvalue weighted by molar-refractivity contribution is 0.296. The van der Waals surface area contributed by atoms with Crippen molar-refractivity contribution in [2.75, 3.05) is 11.4 Å². The highest BCUT2D eigenvalue weighted by Gasteiger charge is 2.29. The van der Waals surface area contributed by atoms with Gasteiger partial charge in [0.05, 0.1) is 0 Å². The van der Waals surface area contributed by atoms with Crippen molar-refractivity contribution >= 4 is 21.6 Å². The Morgan fingerprint density at radius 3 is 2.72 bits per heavy atom. The molecule has 0 amide bonds. The molecule has 3 heteroatoms. The van der Waals surface area contributed by atoms with Crippen molar-refractivity contribution in [1.29, 1.82) is 0 Å². The molecule has 3 atom stereocenters. The molecule has 0 aromatic heterocycles. The van der Waals surface area contributed by atoms with Crippen LogP contribution in [0.25, 0.3) is 0 Å². The van der Waals surface area contributed by atoms with Crippen molar-refractivity contribution in [2.45, 2.75) is 39.8 Å². The predicted octanol–water partition coefficient (Wildman–Crippen LogP) is 3.78. The van der Waals surface area contributed by atoms with Gasteiger partial charge in [0.2, 0.25) is 0 Å². The fraction of sp³-hybridized carbons (Fsp3) is 0.600. The van der Waals surface area contributed by atoms with Gasteiger partial charge in [0, 0.05) is 29.3 Å². The number of benzene rings is 1. The summed E-state index contributed by atoms with van der Waals surface area (Å²) in [5, 5.41) is 0. The third kappa shape index (κ3) is 2.72. The Morgan fingerprint density at radius 2 is 2.06 bits per heavy atom. The van der Waals surface area contributed by atoms with Crippen LogP contribution in [0.4, 0.5) is 5.69 Å². The lowest BCUT2D eigenvalue weighted by Gasteiger charge is -2.43. The second-order valence-corrected chi connectivity index (χ2v) is 6.60. The van der Waals surface area contributed by atoms with Crippen molar-refractivity contribution in [3.05, 3.63) is 28.2 Å². The Labute approximate surface area is 119 Å². The molecule has 1 aliphatic heterocycles. The maximum atomic E-state index is 5.88. The molecule has 1 fully saturated rings. The summed E-state index contributed by atoms with van der Waals surface area (Å²) in [4.78, 5) is 2.53. The number of halogens is 1. The van der Waals surface area contributed by atoms with Crippen LogP contribution in [0.5, 0.6) is 0 Å². The van der Waals surface area contributed by atoms with E-state index in [9.17, 15) is 0 Å². The summed E-state index contributed by atoms with van der Waals surface area (Å²) in [6.07, 6.45) is 1.32. The second kappa shape index (κ2) is 5.62. The molecule has 0 bridgehead atoms. The van der Waals surface area contributed by atoms with E-state index in [1.165, 1.54) is 17.7 Å². The van der Waals surface area contributed by atoms with E-state index >= 15 is 0 Å². The zero-order valence-corrected chi connectivity index (χ0v) is 13.1. The maximum absolute atomic E-state index is 5.88. The molecule has 2 N–H and O–H groups in total. The third-order valence-corrected chi connectivity index (χ3v) is 4.67. The van der Waals surface area contributed by atoms with E-state index in [1.54, 1.807) is 0 Å². The number of hydrogen-bond acceptors (Lipinski definition) is 2. The number of nitrogens with two attached hydrogens (primary N) is 1. The summed E-state index contributed by atoms with van der Waals surface area (Å²) in [5.74, 6) is 1.49. The summed E-state index contributed by atoms with van der Waals surface area (Å²) >= 11 is 3.57.